The van der Waals surface area contributed by atoms with Gasteiger partial charge in [0, 0.05) is 8.96 Å². The Bertz CT molecular complexity index is 598. The SMILES string of the molecule is FC(F)(F)c1cc(Cl)c2cc(I)cc(Cl)c2n1. The molecule has 0 radical (unpaired) electrons. The normalized spacial score (nSPS) is 12.1. The minimum atomic E-state index is -4.54. The Morgan fingerprint density at radius 3 is 2.29 bits per heavy atom. The van der Waals surface area contributed by atoms with Gasteiger partial charge in [-0.15, -0.1) is 0 Å². The van der Waals surface area contributed by atoms with Gasteiger partial charge in [-0.3, -0.25) is 0 Å². The number of halogens is 6. The molecule has 90 valence electrons. The van der Waals surface area contributed by atoms with E-state index in [0.29, 0.717) is 5.39 Å². The summed E-state index contributed by atoms with van der Waals surface area (Å²) in [5, 5.41) is 0.555. The maximum absolute atomic E-state index is 12.5. The molecule has 0 amide bonds. The number of benzene rings is 1. The largest absolute Gasteiger partial charge is 0.433 e. The predicted molar refractivity (Wildman–Crippen MR) is 69.5 cm³/mol. The van der Waals surface area contributed by atoms with Crippen LogP contribution < -0.4 is 0 Å². The molecule has 0 saturated heterocycles. The van der Waals surface area contributed by atoms with Crippen LogP contribution >= 0.6 is 45.8 Å². The van der Waals surface area contributed by atoms with E-state index in [-0.39, 0.29) is 15.6 Å². The van der Waals surface area contributed by atoms with E-state index in [2.05, 4.69) is 4.98 Å². The lowest BCUT2D eigenvalue weighted by atomic mass is 10.2. The van der Waals surface area contributed by atoms with Crippen LogP contribution in [-0.2, 0) is 6.18 Å². The molecule has 1 heterocycles. The summed E-state index contributed by atoms with van der Waals surface area (Å²) in [4.78, 5) is 3.50. The lowest BCUT2D eigenvalue weighted by Gasteiger charge is -2.09. The molecule has 0 saturated carbocycles. The van der Waals surface area contributed by atoms with Crippen molar-refractivity contribution >= 4 is 56.7 Å². The third kappa shape index (κ3) is 2.61. The molecule has 1 nitrogen and oxygen atoms in total. The van der Waals surface area contributed by atoms with E-state index in [0.717, 1.165) is 9.64 Å². The van der Waals surface area contributed by atoms with Gasteiger partial charge in [0.05, 0.1) is 15.6 Å². The maximum atomic E-state index is 12.5. The number of fused-ring (bicyclic) bond motifs is 1. The second-order valence-electron chi connectivity index (χ2n) is 3.27. The Kier molecular flexibility index (Phi) is 3.44. The van der Waals surface area contributed by atoms with Crippen molar-refractivity contribution in [2.45, 2.75) is 6.18 Å². The molecule has 0 unspecified atom stereocenters. The summed E-state index contributed by atoms with van der Waals surface area (Å²) < 4.78 is 38.4. The molecule has 1 aromatic heterocycles. The van der Waals surface area contributed by atoms with Gasteiger partial charge in [-0.2, -0.15) is 13.2 Å². The smallest absolute Gasteiger partial charge is 0.242 e. The topological polar surface area (TPSA) is 12.9 Å². The first kappa shape index (κ1) is 13.2. The molecule has 0 spiro atoms. The van der Waals surface area contributed by atoms with Gasteiger partial charge in [-0.05, 0) is 40.8 Å². The molecular formula is C10H3Cl2F3IN. The van der Waals surface area contributed by atoms with E-state index in [1.54, 1.807) is 6.07 Å². The first-order valence-corrected chi connectivity index (χ1v) is 6.15. The zero-order valence-corrected chi connectivity index (χ0v) is 11.6. The van der Waals surface area contributed by atoms with Gasteiger partial charge in [-0.25, -0.2) is 4.98 Å². The molecule has 0 aliphatic heterocycles. The number of hydrogen-bond acceptors (Lipinski definition) is 1. The number of aromatic nitrogens is 1. The number of nitrogens with zero attached hydrogens (tertiary/aromatic N) is 1. The van der Waals surface area contributed by atoms with Crippen LogP contribution in [0.2, 0.25) is 10.0 Å². The summed E-state index contributed by atoms with van der Waals surface area (Å²) in [5.41, 5.74) is -0.981. The second-order valence-corrected chi connectivity index (χ2v) is 5.33. The van der Waals surface area contributed by atoms with Crippen LogP contribution in [-0.4, -0.2) is 4.98 Å². The lowest BCUT2D eigenvalue weighted by molar-refractivity contribution is -0.140. The zero-order chi connectivity index (χ0) is 12.8. The third-order valence-electron chi connectivity index (χ3n) is 2.07. The van der Waals surface area contributed by atoms with Crippen molar-refractivity contribution in [3.63, 3.8) is 0 Å². The predicted octanol–water partition coefficient (Wildman–Crippen LogP) is 5.17. The molecule has 2 rings (SSSR count). The summed E-state index contributed by atoms with van der Waals surface area (Å²) in [6.45, 7) is 0. The van der Waals surface area contributed by atoms with E-state index < -0.39 is 11.9 Å². The molecular weight excluding hydrogens is 389 g/mol. The van der Waals surface area contributed by atoms with Gasteiger partial charge >= 0.3 is 6.18 Å². The Labute approximate surface area is 118 Å². The van der Waals surface area contributed by atoms with Crippen molar-refractivity contribution in [2.24, 2.45) is 0 Å². The van der Waals surface area contributed by atoms with Crippen molar-refractivity contribution in [3.8, 4) is 0 Å². The fourth-order valence-corrected chi connectivity index (χ4v) is 2.67. The van der Waals surface area contributed by atoms with Gasteiger partial charge in [0.25, 0.3) is 0 Å². The van der Waals surface area contributed by atoms with Gasteiger partial charge in [0.1, 0.15) is 5.69 Å². The van der Waals surface area contributed by atoms with Crippen LogP contribution in [0.15, 0.2) is 18.2 Å². The summed E-state index contributed by atoms with van der Waals surface area (Å²) in [6, 6.07) is 3.97. The fraction of sp³-hybridized carbons (Fsp3) is 0.100. The van der Waals surface area contributed by atoms with Gasteiger partial charge in [0.2, 0.25) is 0 Å². The first-order chi connectivity index (χ1) is 7.79. The van der Waals surface area contributed by atoms with Crippen LogP contribution in [0.3, 0.4) is 0 Å². The molecule has 7 heteroatoms. The van der Waals surface area contributed by atoms with Crippen molar-refractivity contribution < 1.29 is 13.2 Å². The van der Waals surface area contributed by atoms with Crippen molar-refractivity contribution in [1.29, 1.82) is 0 Å². The number of rotatable bonds is 0. The van der Waals surface area contributed by atoms with E-state index in [1.165, 1.54) is 6.07 Å². The lowest BCUT2D eigenvalue weighted by Crippen LogP contribution is -2.08. The van der Waals surface area contributed by atoms with E-state index in [4.69, 9.17) is 23.2 Å². The molecule has 0 atom stereocenters. The van der Waals surface area contributed by atoms with E-state index in [9.17, 15) is 13.2 Å². The van der Waals surface area contributed by atoms with E-state index >= 15 is 0 Å². The number of alkyl halides is 3. The van der Waals surface area contributed by atoms with Crippen molar-refractivity contribution in [3.05, 3.63) is 37.5 Å². The highest BCUT2D eigenvalue weighted by molar-refractivity contribution is 14.1. The molecule has 2 aromatic rings. The van der Waals surface area contributed by atoms with Crippen LogP contribution in [0, 0.1) is 3.57 Å². The molecule has 0 aliphatic carbocycles. The Hall–Kier alpha value is -0.270. The van der Waals surface area contributed by atoms with E-state index in [1.807, 2.05) is 22.6 Å². The average molecular weight is 392 g/mol. The van der Waals surface area contributed by atoms with Gasteiger partial charge in [0.15, 0.2) is 0 Å². The Morgan fingerprint density at radius 1 is 1.06 bits per heavy atom. The Morgan fingerprint density at radius 2 is 1.71 bits per heavy atom. The van der Waals surface area contributed by atoms with Gasteiger partial charge < -0.3 is 0 Å². The summed E-state index contributed by atoms with van der Waals surface area (Å²) in [5.74, 6) is 0. The summed E-state index contributed by atoms with van der Waals surface area (Å²) in [6.07, 6.45) is -4.54. The van der Waals surface area contributed by atoms with Crippen LogP contribution in [0.4, 0.5) is 13.2 Å². The summed E-state index contributed by atoms with van der Waals surface area (Å²) in [7, 11) is 0. The number of hydrogen-bond donors (Lipinski definition) is 0. The molecule has 0 fully saturated rings. The second kappa shape index (κ2) is 4.44. The average Bonchev–Trinajstić information content (AvgIpc) is 2.17. The third-order valence-corrected chi connectivity index (χ3v) is 3.30. The van der Waals surface area contributed by atoms with Crippen LogP contribution in [0.25, 0.3) is 10.9 Å². The quantitative estimate of drug-likeness (QED) is 0.565. The fourth-order valence-electron chi connectivity index (χ4n) is 1.36. The maximum Gasteiger partial charge on any atom is 0.433 e. The molecule has 1 aromatic carbocycles. The standard InChI is InChI=1S/C10H3Cl2F3IN/c11-6-3-8(10(13,14)15)17-9-5(6)1-4(16)2-7(9)12/h1-3H. The highest BCUT2D eigenvalue weighted by atomic mass is 127. The monoisotopic (exact) mass is 391 g/mol. The zero-order valence-electron chi connectivity index (χ0n) is 7.95. The van der Waals surface area contributed by atoms with Crippen LogP contribution in [0.1, 0.15) is 5.69 Å². The van der Waals surface area contributed by atoms with Crippen molar-refractivity contribution in [2.75, 3.05) is 0 Å². The molecule has 0 N–H and O–H groups in total. The van der Waals surface area contributed by atoms with Gasteiger partial charge in [-0.1, -0.05) is 23.2 Å². The Balaban J connectivity index is 2.83. The van der Waals surface area contributed by atoms with Crippen LogP contribution in [0.5, 0.6) is 0 Å². The minimum absolute atomic E-state index is 0.0114. The first-order valence-electron chi connectivity index (χ1n) is 4.31. The number of pyridine rings is 1. The molecule has 0 aliphatic rings. The highest BCUT2D eigenvalue weighted by Gasteiger charge is 2.33. The highest BCUT2D eigenvalue weighted by Crippen LogP contribution is 2.35. The minimum Gasteiger partial charge on any atom is -0.242 e. The molecule has 0 bridgehead atoms. The molecule has 17 heavy (non-hydrogen) atoms. The van der Waals surface area contributed by atoms with Crippen molar-refractivity contribution in [1.82, 2.24) is 4.98 Å². The summed E-state index contributed by atoms with van der Waals surface area (Å²) >= 11 is 13.7.